The van der Waals surface area contributed by atoms with Gasteiger partial charge in [-0.3, -0.25) is 0 Å². The van der Waals surface area contributed by atoms with Crippen LogP contribution in [0.5, 0.6) is 0 Å². The van der Waals surface area contributed by atoms with Crippen molar-refractivity contribution in [2.24, 2.45) is 16.1 Å². The lowest BCUT2D eigenvalue weighted by molar-refractivity contribution is 0.346. The molecule has 1 aliphatic rings. The molecule has 0 amide bonds. The zero-order chi connectivity index (χ0) is 12.0. The molecule has 1 aliphatic carbocycles. The summed E-state index contributed by atoms with van der Waals surface area (Å²) in [6.45, 7) is 6.46. The Morgan fingerprint density at radius 1 is 1.19 bits per heavy atom. The van der Waals surface area contributed by atoms with E-state index >= 15 is 0 Å². The molecule has 0 radical (unpaired) electrons. The van der Waals surface area contributed by atoms with E-state index in [4.69, 9.17) is 0 Å². The molecule has 0 saturated heterocycles. The second kappa shape index (κ2) is 5.98. The van der Waals surface area contributed by atoms with E-state index in [1.54, 1.807) is 0 Å². The molecule has 0 aromatic heterocycles. The molecule has 0 aliphatic heterocycles. The molecule has 1 unspecified atom stereocenters. The van der Waals surface area contributed by atoms with E-state index < -0.39 is 5.54 Å². The van der Waals surface area contributed by atoms with Crippen molar-refractivity contribution in [3.63, 3.8) is 0 Å². The maximum absolute atomic E-state index is 9.23. The maximum atomic E-state index is 9.23. The molecule has 0 heterocycles. The van der Waals surface area contributed by atoms with Gasteiger partial charge in [0.05, 0.1) is 12.1 Å². The van der Waals surface area contributed by atoms with Gasteiger partial charge in [-0.1, -0.05) is 20.3 Å². The lowest BCUT2D eigenvalue weighted by Gasteiger charge is -2.25. The summed E-state index contributed by atoms with van der Waals surface area (Å²) in [6, 6.07) is 2.61. The molecular formula is C13H23N3. The van der Waals surface area contributed by atoms with Gasteiger partial charge >= 0.3 is 0 Å². The SMILES string of the molecule is CC(C)CC(C)N=NC1(C#N)CCCCC1. The molecule has 0 N–H and O–H groups in total. The average molecular weight is 221 g/mol. The van der Waals surface area contributed by atoms with E-state index in [1.807, 2.05) is 0 Å². The first-order chi connectivity index (χ1) is 7.58. The van der Waals surface area contributed by atoms with Gasteiger partial charge in [-0.15, -0.1) is 0 Å². The largest absolute Gasteiger partial charge is 0.196 e. The third-order valence-corrected chi connectivity index (χ3v) is 3.15. The lowest BCUT2D eigenvalue weighted by Crippen LogP contribution is -2.27. The lowest BCUT2D eigenvalue weighted by atomic mass is 9.84. The highest BCUT2D eigenvalue weighted by Crippen LogP contribution is 2.31. The van der Waals surface area contributed by atoms with E-state index in [0.29, 0.717) is 5.92 Å². The van der Waals surface area contributed by atoms with Crippen LogP contribution in [0, 0.1) is 17.2 Å². The predicted molar refractivity (Wildman–Crippen MR) is 65.2 cm³/mol. The first-order valence-electron chi connectivity index (χ1n) is 6.41. The summed E-state index contributed by atoms with van der Waals surface area (Å²) < 4.78 is 0. The molecule has 90 valence electrons. The minimum atomic E-state index is -0.497. The summed E-state index contributed by atoms with van der Waals surface area (Å²) in [7, 11) is 0. The Bertz CT molecular complexity index is 269. The molecule has 16 heavy (non-hydrogen) atoms. The zero-order valence-corrected chi connectivity index (χ0v) is 10.7. The third kappa shape index (κ3) is 3.92. The molecule has 1 saturated carbocycles. The predicted octanol–water partition coefficient (Wildman–Crippen LogP) is 4.10. The summed E-state index contributed by atoms with van der Waals surface area (Å²) in [5.74, 6) is 0.637. The Morgan fingerprint density at radius 3 is 2.31 bits per heavy atom. The summed E-state index contributed by atoms with van der Waals surface area (Å²) in [5.41, 5.74) is -0.497. The van der Waals surface area contributed by atoms with Gasteiger partial charge in [0.1, 0.15) is 0 Å². The standard InChI is InChI=1S/C13H23N3/c1-11(2)9-12(3)15-16-13(10-14)7-5-4-6-8-13/h11-12H,4-9H2,1-3H3. The molecule has 1 atom stereocenters. The van der Waals surface area contributed by atoms with Gasteiger partial charge in [0.15, 0.2) is 5.54 Å². The Hall–Kier alpha value is -0.910. The van der Waals surface area contributed by atoms with Crippen molar-refractivity contribution in [1.29, 1.82) is 5.26 Å². The van der Waals surface area contributed by atoms with Crippen LogP contribution >= 0.6 is 0 Å². The summed E-state index contributed by atoms with van der Waals surface area (Å²) in [6.07, 6.45) is 6.30. The number of hydrogen-bond acceptors (Lipinski definition) is 3. The Morgan fingerprint density at radius 2 is 1.81 bits per heavy atom. The fourth-order valence-corrected chi connectivity index (χ4v) is 2.31. The minimum Gasteiger partial charge on any atom is -0.196 e. The first kappa shape index (κ1) is 13.2. The molecule has 0 aromatic rings. The van der Waals surface area contributed by atoms with E-state index in [0.717, 1.165) is 32.1 Å². The van der Waals surface area contributed by atoms with Crippen LogP contribution in [0.1, 0.15) is 59.3 Å². The van der Waals surface area contributed by atoms with Crippen molar-refractivity contribution in [2.45, 2.75) is 70.9 Å². The van der Waals surface area contributed by atoms with Crippen LogP contribution in [-0.4, -0.2) is 11.6 Å². The fourth-order valence-electron chi connectivity index (χ4n) is 2.31. The van der Waals surface area contributed by atoms with Gasteiger partial charge < -0.3 is 0 Å². The van der Waals surface area contributed by atoms with E-state index in [-0.39, 0.29) is 6.04 Å². The van der Waals surface area contributed by atoms with Gasteiger partial charge in [0, 0.05) is 0 Å². The average Bonchev–Trinajstić information content (AvgIpc) is 2.27. The van der Waals surface area contributed by atoms with Crippen LogP contribution in [0.3, 0.4) is 0 Å². The normalized spacial score (nSPS) is 22.2. The maximum Gasteiger partial charge on any atom is 0.167 e. The summed E-state index contributed by atoms with van der Waals surface area (Å²) >= 11 is 0. The third-order valence-electron chi connectivity index (χ3n) is 3.15. The van der Waals surface area contributed by atoms with Crippen molar-refractivity contribution in [3.8, 4) is 6.07 Å². The number of azo groups is 1. The van der Waals surface area contributed by atoms with E-state index in [9.17, 15) is 5.26 Å². The van der Waals surface area contributed by atoms with Gasteiger partial charge in [-0.25, -0.2) is 0 Å². The van der Waals surface area contributed by atoms with Crippen molar-refractivity contribution in [1.82, 2.24) is 0 Å². The van der Waals surface area contributed by atoms with Crippen LogP contribution in [0.4, 0.5) is 0 Å². The highest BCUT2D eigenvalue weighted by Gasteiger charge is 2.32. The van der Waals surface area contributed by atoms with E-state index in [2.05, 4.69) is 37.1 Å². The number of nitrogens with zero attached hydrogens (tertiary/aromatic N) is 3. The molecule has 1 fully saturated rings. The number of hydrogen-bond donors (Lipinski definition) is 0. The molecule has 3 heteroatoms. The molecular weight excluding hydrogens is 198 g/mol. The van der Waals surface area contributed by atoms with Gasteiger partial charge in [0.25, 0.3) is 0 Å². The van der Waals surface area contributed by atoms with Crippen molar-refractivity contribution < 1.29 is 0 Å². The van der Waals surface area contributed by atoms with Crippen LogP contribution in [0.15, 0.2) is 10.2 Å². The van der Waals surface area contributed by atoms with Gasteiger partial charge in [0.2, 0.25) is 0 Å². The molecule has 0 bridgehead atoms. The van der Waals surface area contributed by atoms with Crippen molar-refractivity contribution >= 4 is 0 Å². The van der Waals surface area contributed by atoms with Crippen LogP contribution < -0.4 is 0 Å². The smallest absolute Gasteiger partial charge is 0.167 e. The minimum absolute atomic E-state index is 0.243. The number of nitriles is 1. The Kier molecular flexibility index (Phi) is 4.92. The van der Waals surface area contributed by atoms with Crippen molar-refractivity contribution in [3.05, 3.63) is 0 Å². The highest BCUT2D eigenvalue weighted by atomic mass is 15.2. The molecule has 1 rings (SSSR count). The second-order valence-corrected chi connectivity index (χ2v) is 5.40. The fraction of sp³-hybridized carbons (Fsp3) is 0.923. The van der Waals surface area contributed by atoms with Crippen LogP contribution in [-0.2, 0) is 0 Å². The van der Waals surface area contributed by atoms with Crippen LogP contribution in [0.25, 0.3) is 0 Å². The highest BCUT2D eigenvalue weighted by molar-refractivity contribution is 5.07. The van der Waals surface area contributed by atoms with E-state index in [1.165, 1.54) is 6.42 Å². The quantitative estimate of drug-likeness (QED) is 0.659. The Balaban J connectivity index is 2.55. The Labute approximate surface area is 99.0 Å². The van der Waals surface area contributed by atoms with Crippen LogP contribution in [0.2, 0.25) is 0 Å². The number of rotatable bonds is 4. The van der Waals surface area contributed by atoms with Gasteiger partial charge in [-0.2, -0.15) is 15.5 Å². The second-order valence-electron chi connectivity index (χ2n) is 5.40. The monoisotopic (exact) mass is 221 g/mol. The van der Waals surface area contributed by atoms with Gasteiger partial charge in [-0.05, 0) is 44.9 Å². The summed E-state index contributed by atoms with van der Waals surface area (Å²) in [4.78, 5) is 0. The molecule has 3 nitrogen and oxygen atoms in total. The molecule has 0 aromatic carbocycles. The zero-order valence-electron chi connectivity index (χ0n) is 10.7. The topological polar surface area (TPSA) is 48.5 Å². The molecule has 0 spiro atoms. The van der Waals surface area contributed by atoms with Crippen molar-refractivity contribution in [2.75, 3.05) is 0 Å². The summed E-state index contributed by atoms with van der Waals surface area (Å²) in [5, 5.41) is 17.9. The first-order valence-corrected chi connectivity index (χ1v) is 6.41.